The van der Waals surface area contributed by atoms with Crippen molar-refractivity contribution in [3.8, 4) is 0 Å². The molecule has 59 heavy (non-hydrogen) atoms. The average Bonchev–Trinajstić information content (AvgIpc) is 3.24. The van der Waals surface area contributed by atoms with Crippen molar-refractivity contribution in [3.63, 3.8) is 0 Å². The number of carbonyl (C=O) groups is 1. The van der Waals surface area contributed by atoms with Gasteiger partial charge in [0.25, 0.3) is 0 Å². The van der Waals surface area contributed by atoms with Gasteiger partial charge in [-0.25, -0.2) is 0 Å². The van der Waals surface area contributed by atoms with Gasteiger partial charge in [0.1, 0.15) is 6.10 Å². The van der Waals surface area contributed by atoms with Crippen molar-refractivity contribution >= 4 is 5.91 Å². The van der Waals surface area contributed by atoms with E-state index in [-0.39, 0.29) is 12.5 Å². The first-order valence-corrected chi connectivity index (χ1v) is 26.6. The van der Waals surface area contributed by atoms with Gasteiger partial charge in [-0.1, -0.05) is 269 Å². The Morgan fingerprint density at radius 1 is 0.441 bits per heavy atom. The molecule has 0 saturated heterocycles. The summed E-state index contributed by atoms with van der Waals surface area (Å²) in [5, 5.41) is 33.8. The lowest BCUT2D eigenvalue weighted by Crippen LogP contribution is -2.50. The zero-order valence-corrected chi connectivity index (χ0v) is 39.9. The fourth-order valence-electron chi connectivity index (χ4n) is 8.50. The maximum Gasteiger partial charge on any atom is 0.220 e. The lowest BCUT2D eigenvalue weighted by Gasteiger charge is -2.26. The Hall–Kier alpha value is -1.17. The van der Waals surface area contributed by atoms with E-state index in [4.69, 9.17) is 0 Å². The highest BCUT2D eigenvalue weighted by Gasteiger charge is 2.26. The molecule has 0 aliphatic rings. The molecule has 0 aromatic carbocycles. The Morgan fingerprint density at radius 3 is 1.15 bits per heavy atom. The third kappa shape index (κ3) is 44.7. The van der Waals surface area contributed by atoms with Crippen LogP contribution in [0.1, 0.15) is 290 Å². The van der Waals surface area contributed by atoms with Gasteiger partial charge in [0.05, 0.1) is 18.8 Å². The zero-order valence-electron chi connectivity index (χ0n) is 39.9. The number of rotatable bonds is 49. The molecule has 0 heterocycles. The van der Waals surface area contributed by atoms with Crippen LogP contribution in [-0.2, 0) is 4.79 Å². The number of carbonyl (C=O) groups excluding carboxylic acids is 1. The van der Waals surface area contributed by atoms with E-state index >= 15 is 0 Å². The number of amides is 1. The second kappa shape index (κ2) is 49.5. The van der Waals surface area contributed by atoms with E-state index in [0.29, 0.717) is 12.8 Å². The van der Waals surface area contributed by atoms with Gasteiger partial charge < -0.3 is 20.6 Å². The SMILES string of the molecule is CC/C=C\C/C=C\CCCCCCCCCCCCCCCCC(=O)NC(CO)C(O)C(O)CCCCCCCCCCCCCCCCCCCCCCCCCC. The van der Waals surface area contributed by atoms with Gasteiger partial charge in [-0.05, 0) is 38.5 Å². The van der Waals surface area contributed by atoms with Gasteiger partial charge in [-0.2, -0.15) is 0 Å². The fraction of sp³-hybridized carbons (Fsp3) is 0.907. The molecule has 3 atom stereocenters. The van der Waals surface area contributed by atoms with Crippen LogP contribution >= 0.6 is 0 Å². The predicted octanol–water partition coefficient (Wildman–Crippen LogP) is 16.1. The molecule has 5 heteroatoms. The number of aliphatic hydroxyl groups excluding tert-OH is 3. The van der Waals surface area contributed by atoms with Gasteiger partial charge in [-0.3, -0.25) is 4.79 Å². The minimum Gasteiger partial charge on any atom is -0.394 e. The van der Waals surface area contributed by atoms with Crippen LogP contribution in [0.3, 0.4) is 0 Å². The standard InChI is InChI=1S/C54H105NO4/c1-3-5-7-9-11-13-15-17-19-21-23-25-26-27-29-30-32-34-36-38-40-42-44-46-48-52(57)54(59)51(50-56)55-53(58)49-47-45-43-41-39-37-35-33-31-28-24-22-20-18-16-14-12-10-8-6-4-2/h6,8,12,14,51-52,54,56-57,59H,3-5,7,9-11,13,15-50H2,1-2H3,(H,55,58)/b8-6-,14-12-. The van der Waals surface area contributed by atoms with E-state index in [0.717, 1.165) is 44.9 Å². The van der Waals surface area contributed by atoms with Crippen molar-refractivity contribution < 1.29 is 20.1 Å². The van der Waals surface area contributed by atoms with Crippen LogP contribution in [0.5, 0.6) is 0 Å². The smallest absolute Gasteiger partial charge is 0.220 e. The summed E-state index contributed by atoms with van der Waals surface area (Å²) in [6.07, 6.45) is 61.7. The van der Waals surface area contributed by atoms with Gasteiger partial charge >= 0.3 is 0 Å². The summed E-state index contributed by atoms with van der Waals surface area (Å²) in [5.74, 6) is -0.141. The van der Waals surface area contributed by atoms with E-state index in [1.165, 1.54) is 218 Å². The molecule has 3 unspecified atom stereocenters. The summed E-state index contributed by atoms with van der Waals surface area (Å²) in [4.78, 5) is 12.5. The Balaban J connectivity index is 3.53. The molecule has 1 amide bonds. The fourth-order valence-corrected chi connectivity index (χ4v) is 8.50. The summed E-state index contributed by atoms with van der Waals surface area (Å²) in [7, 11) is 0. The van der Waals surface area contributed by atoms with Crippen LogP contribution in [-0.4, -0.2) is 46.1 Å². The van der Waals surface area contributed by atoms with E-state index in [9.17, 15) is 20.1 Å². The van der Waals surface area contributed by atoms with Crippen LogP contribution in [0.15, 0.2) is 24.3 Å². The van der Waals surface area contributed by atoms with Gasteiger partial charge in [-0.15, -0.1) is 0 Å². The topological polar surface area (TPSA) is 89.8 Å². The second-order valence-electron chi connectivity index (χ2n) is 18.4. The lowest BCUT2D eigenvalue weighted by molar-refractivity contribution is -0.124. The molecule has 0 aromatic heterocycles. The summed E-state index contributed by atoms with van der Waals surface area (Å²) in [5.41, 5.74) is 0. The van der Waals surface area contributed by atoms with E-state index in [1.807, 2.05) is 0 Å². The number of nitrogens with one attached hydrogen (secondary N) is 1. The number of hydrogen-bond acceptors (Lipinski definition) is 4. The summed E-state index contributed by atoms with van der Waals surface area (Å²) >= 11 is 0. The summed E-state index contributed by atoms with van der Waals surface area (Å²) in [6.45, 7) is 4.11. The monoisotopic (exact) mass is 832 g/mol. The largest absolute Gasteiger partial charge is 0.394 e. The Bertz CT molecular complexity index is 874. The first-order valence-electron chi connectivity index (χ1n) is 26.6. The first-order chi connectivity index (χ1) is 29.1. The Morgan fingerprint density at radius 2 is 0.780 bits per heavy atom. The van der Waals surface area contributed by atoms with Crippen molar-refractivity contribution in [1.82, 2.24) is 5.32 Å². The third-order valence-corrected chi connectivity index (χ3v) is 12.6. The number of allylic oxidation sites excluding steroid dienone is 4. The van der Waals surface area contributed by atoms with Crippen LogP contribution in [0.4, 0.5) is 0 Å². The van der Waals surface area contributed by atoms with Crippen molar-refractivity contribution in [1.29, 1.82) is 0 Å². The molecule has 0 radical (unpaired) electrons. The van der Waals surface area contributed by atoms with E-state index in [2.05, 4.69) is 43.5 Å². The average molecular weight is 832 g/mol. The van der Waals surface area contributed by atoms with E-state index < -0.39 is 18.2 Å². The molecular formula is C54H105NO4. The zero-order chi connectivity index (χ0) is 43.0. The van der Waals surface area contributed by atoms with Gasteiger partial charge in [0.15, 0.2) is 0 Å². The maximum atomic E-state index is 12.5. The molecule has 4 N–H and O–H groups in total. The highest BCUT2D eigenvalue weighted by atomic mass is 16.3. The highest BCUT2D eigenvalue weighted by Crippen LogP contribution is 2.18. The lowest BCUT2D eigenvalue weighted by atomic mass is 9.99. The number of aliphatic hydroxyl groups is 3. The summed E-state index contributed by atoms with van der Waals surface area (Å²) < 4.78 is 0. The second-order valence-corrected chi connectivity index (χ2v) is 18.4. The highest BCUT2D eigenvalue weighted by molar-refractivity contribution is 5.76. The maximum absolute atomic E-state index is 12.5. The van der Waals surface area contributed by atoms with Gasteiger partial charge in [0, 0.05) is 6.42 Å². The number of unbranched alkanes of at least 4 members (excludes halogenated alkanes) is 37. The van der Waals surface area contributed by atoms with Crippen LogP contribution in [0.2, 0.25) is 0 Å². The van der Waals surface area contributed by atoms with Gasteiger partial charge in [0.2, 0.25) is 5.91 Å². The molecule has 0 spiro atoms. The summed E-state index contributed by atoms with van der Waals surface area (Å²) in [6, 6.07) is -0.808. The molecule has 0 fully saturated rings. The normalized spacial score (nSPS) is 13.5. The molecule has 350 valence electrons. The molecule has 0 saturated carbocycles. The van der Waals surface area contributed by atoms with Crippen molar-refractivity contribution in [3.05, 3.63) is 24.3 Å². The molecule has 5 nitrogen and oxygen atoms in total. The molecule has 0 rings (SSSR count). The minimum atomic E-state index is -1.14. The third-order valence-electron chi connectivity index (χ3n) is 12.6. The first kappa shape index (κ1) is 57.8. The predicted molar refractivity (Wildman–Crippen MR) is 259 cm³/mol. The minimum absolute atomic E-state index is 0.141. The molecular weight excluding hydrogens is 727 g/mol. The van der Waals surface area contributed by atoms with Crippen LogP contribution < -0.4 is 5.32 Å². The van der Waals surface area contributed by atoms with E-state index in [1.54, 1.807) is 0 Å². The van der Waals surface area contributed by atoms with Crippen LogP contribution in [0.25, 0.3) is 0 Å². The Labute approximate surface area is 369 Å². The van der Waals surface area contributed by atoms with Crippen molar-refractivity contribution in [2.24, 2.45) is 0 Å². The molecule has 0 aliphatic carbocycles. The molecule has 0 bridgehead atoms. The van der Waals surface area contributed by atoms with Crippen molar-refractivity contribution in [2.75, 3.05) is 6.61 Å². The molecule has 0 aromatic rings. The Kier molecular flexibility index (Phi) is 48.5. The quantitative estimate of drug-likeness (QED) is 0.0363. The van der Waals surface area contributed by atoms with Crippen molar-refractivity contribution in [2.45, 2.75) is 308 Å². The molecule has 0 aliphatic heterocycles. The van der Waals surface area contributed by atoms with Crippen LogP contribution in [0, 0.1) is 0 Å². The number of hydrogen-bond donors (Lipinski definition) is 4.